The van der Waals surface area contributed by atoms with Crippen molar-refractivity contribution in [1.29, 1.82) is 5.26 Å². The number of benzene rings is 1. The first kappa shape index (κ1) is 26.2. The van der Waals surface area contributed by atoms with Crippen molar-refractivity contribution < 1.29 is 22.0 Å². The lowest BCUT2D eigenvalue weighted by atomic mass is 10.2. The summed E-state index contributed by atoms with van der Waals surface area (Å²) < 4.78 is 56.9. The van der Waals surface area contributed by atoms with Gasteiger partial charge in [-0.1, -0.05) is 11.3 Å². The molecule has 202 valence electrons. The van der Waals surface area contributed by atoms with Crippen LogP contribution in [0.3, 0.4) is 0 Å². The van der Waals surface area contributed by atoms with Gasteiger partial charge in [-0.15, -0.1) is 10.2 Å². The second-order valence-corrected chi connectivity index (χ2v) is 12.1. The van der Waals surface area contributed by atoms with E-state index >= 15 is 0 Å². The smallest absolute Gasteiger partial charge is 0.319 e. The first-order valence-electron chi connectivity index (χ1n) is 11.8. The number of urea groups is 1. The number of nitrogens with one attached hydrogen (secondary N) is 1. The number of nitriles is 1. The van der Waals surface area contributed by atoms with Gasteiger partial charge in [0.15, 0.2) is 5.01 Å². The molecule has 2 amide bonds. The summed E-state index contributed by atoms with van der Waals surface area (Å²) in [4.78, 5) is 17.6. The van der Waals surface area contributed by atoms with Crippen molar-refractivity contribution in [2.24, 2.45) is 0 Å². The maximum absolute atomic E-state index is 13.4. The molecule has 0 spiro atoms. The highest BCUT2D eigenvalue weighted by Crippen LogP contribution is 2.38. The lowest BCUT2D eigenvalue weighted by Crippen LogP contribution is -2.41. The Labute approximate surface area is 221 Å². The van der Waals surface area contributed by atoms with Gasteiger partial charge in [0.25, 0.3) is 6.43 Å². The molecule has 12 nitrogen and oxygen atoms in total. The van der Waals surface area contributed by atoms with Crippen molar-refractivity contribution in [2.45, 2.75) is 36.1 Å². The van der Waals surface area contributed by atoms with Gasteiger partial charge in [-0.25, -0.2) is 26.7 Å². The Hall–Kier alpha value is -3.42. The van der Waals surface area contributed by atoms with Crippen LogP contribution in [0.1, 0.15) is 30.7 Å². The number of hydrogen-bond acceptors (Lipinski definition) is 9. The fourth-order valence-electron chi connectivity index (χ4n) is 4.36. The molecule has 2 fully saturated rings. The normalized spacial score (nSPS) is 17.5. The summed E-state index contributed by atoms with van der Waals surface area (Å²) in [6, 6.07) is 4.84. The van der Waals surface area contributed by atoms with Gasteiger partial charge in [0.2, 0.25) is 15.2 Å². The lowest BCUT2D eigenvalue weighted by Gasteiger charge is -2.26. The number of hydrogen-bond donors (Lipinski definition) is 1. The number of sulfonamides is 1. The molecule has 38 heavy (non-hydrogen) atoms. The van der Waals surface area contributed by atoms with E-state index in [0.717, 1.165) is 0 Å². The maximum Gasteiger partial charge on any atom is 0.319 e. The molecule has 16 heteroatoms. The second kappa shape index (κ2) is 9.71. The monoisotopic (exact) mass is 565 g/mol. The summed E-state index contributed by atoms with van der Waals surface area (Å²) in [5, 5.41) is 21.3. The van der Waals surface area contributed by atoms with Crippen molar-refractivity contribution in [2.75, 3.05) is 45.2 Å². The van der Waals surface area contributed by atoms with E-state index in [9.17, 15) is 27.3 Å². The molecule has 3 heterocycles. The number of amides is 2. The van der Waals surface area contributed by atoms with Crippen LogP contribution in [0.5, 0.6) is 0 Å². The molecule has 1 aromatic carbocycles. The number of anilines is 1. The van der Waals surface area contributed by atoms with E-state index in [1.165, 1.54) is 27.9 Å². The van der Waals surface area contributed by atoms with Crippen LogP contribution in [0.15, 0.2) is 23.2 Å². The molecule has 1 saturated heterocycles. The number of carbonyl (C=O) groups excluding carboxylic acids is 1. The third kappa shape index (κ3) is 4.88. The largest absolute Gasteiger partial charge is 0.369 e. The van der Waals surface area contributed by atoms with Crippen LogP contribution in [0, 0.1) is 11.3 Å². The van der Waals surface area contributed by atoms with Gasteiger partial charge in [-0.3, -0.25) is 0 Å². The molecular weight excluding hydrogens is 540 g/mol. The maximum atomic E-state index is 13.4. The molecule has 0 unspecified atom stereocenters. The first-order chi connectivity index (χ1) is 18.0. The first-order valence-corrected chi connectivity index (χ1v) is 14.1. The van der Waals surface area contributed by atoms with Crippen LogP contribution in [-0.4, -0.2) is 90.0 Å². The van der Waals surface area contributed by atoms with Crippen molar-refractivity contribution in [3.8, 4) is 11.2 Å². The van der Waals surface area contributed by atoms with Gasteiger partial charge < -0.3 is 14.7 Å². The number of fused-ring (bicyclic) bond motifs is 1. The molecule has 2 aromatic heterocycles. The van der Waals surface area contributed by atoms with E-state index in [1.54, 1.807) is 19.0 Å². The molecule has 3 aromatic rings. The molecule has 1 N–H and O–H groups in total. The Morgan fingerprint density at radius 2 is 1.97 bits per heavy atom. The highest BCUT2D eigenvalue weighted by Gasteiger charge is 2.47. The Morgan fingerprint density at radius 1 is 1.21 bits per heavy atom. The Balaban J connectivity index is 1.59. The van der Waals surface area contributed by atoms with Gasteiger partial charge in [-0.05, 0) is 31.4 Å². The molecule has 1 saturated carbocycles. The van der Waals surface area contributed by atoms with Crippen LogP contribution in [-0.2, 0) is 10.0 Å². The standard InChI is InChI=1S/C22H25F2N9O3S2/c1-30(2)21(34)32-7-3-6-31(8-9-32)16-10-14(38(35,36)29-22(13-25)4-5-22)11-17-15(16)12-26-33(17)20-28-27-19(37-20)18(23)24/h10-12,18,29H,3-9H2,1-2H3. The van der Waals surface area contributed by atoms with Crippen molar-refractivity contribution in [1.82, 2.24) is 34.5 Å². The average molecular weight is 566 g/mol. The fourth-order valence-corrected chi connectivity index (χ4v) is 6.45. The van der Waals surface area contributed by atoms with E-state index in [-0.39, 0.29) is 16.1 Å². The molecular formula is C22H25F2N9O3S2. The molecule has 0 radical (unpaired) electrons. The summed E-state index contributed by atoms with van der Waals surface area (Å²) in [5.41, 5.74) is -0.226. The predicted molar refractivity (Wildman–Crippen MR) is 135 cm³/mol. The average Bonchev–Trinajstić information content (AvgIpc) is 3.33. The van der Waals surface area contributed by atoms with Crippen LogP contribution in [0.4, 0.5) is 19.3 Å². The van der Waals surface area contributed by atoms with Gasteiger partial charge in [-0.2, -0.15) is 15.1 Å². The number of nitrogens with zero attached hydrogens (tertiary/aromatic N) is 8. The predicted octanol–water partition coefficient (Wildman–Crippen LogP) is 2.34. The molecule has 2 aliphatic rings. The number of carbonyl (C=O) groups is 1. The summed E-state index contributed by atoms with van der Waals surface area (Å²) >= 11 is 0.659. The highest BCUT2D eigenvalue weighted by atomic mass is 32.2. The van der Waals surface area contributed by atoms with Crippen molar-refractivity contribution in [3.05, 3.63) is 23.3 Å². The molecule has 0 bridgehead atoms. The third-order valence-electron chi connectivity index (χ3n) is 6.53. The summed E-state index contributed by atoms with van der Waals surface area (Å²) in [6.07, 6.45) is 0.209. The zero-order valence-electron chi connectivity index (χ0n) is 20.6. The number of aromatic nitrogens is 4. The SMILES string of the molecule is CN(C)C(=O)N1CCCN(c2cc(S(=O)(=O)NC3(C#N)CC3)cc3c2cnn3-c2nnc(C(F)F)s2)CC1. The summed E-state index contributed by atoms with van der Waals surface area (Å²) in [5.74, 6) is 0. The zero-order valence-corrected chi connectivity index (χ0v) is 22.3. The Kier molecular flexibility index (Phi) is 6.70. The minimum Gasteiger partial charge on any atom is -0.369 e. The zero-order chi connectivity index (χ0) is 27.2. The lowest BCUT2D eigenvalue weighted by molar-refractivity contribution is 0.150. The van der Waals surface area contributed by atoms with Gasteiger partial charge in [0.05, 0.1) is 22.7 Å². The molecule has 5 rings (SSSR count). The molecule has 1 aliphatic heterocycles. The minimum absolute atomic E-state index is 0.0677. The van der Waals surface area contributed by atoms with Gasteiger partial charge in [0, 0.05) is 51.3 Å². The van der Waals surface area contributed by atoms with Crippen LogP contribution in [0.25, 0.3) is 16.0 Å². The Bertz CT molecular complexity index is 1530. The van der Waals surface area contributed by atoms with E-state index in [4.69, 9.17) is 0 Å². The Morgan fingerprint density at radius 3 is 2.61 bits per heavy atom. The van der Waals surface area contributed by atoms with Gasteiger partial charge in [0.1, 0.15) is 5.54 Å². The van der Waals surface area contributed by atoms with Crippen LogP contribution >= 0.6 is 11.3 Å². The third-order valence-corrected chi connectivity index (χ3v) is 8.95. The topological polar surface area (TPSA) is 140 Å². The van der Waals surface area contributed by atoms with E-state index in [1.807, 2.05) is 11.0 Å². The van der Waals surface area contributed by atoms with Crippen LogP contribution < -0.4 is 9.62 Å². The van der Waals surface area contributed by atoms with E-state index in [0.29, 0.717) is 73.4 Å². The summed E-state index contributed by atoms with van der Waals surface area (Å²) in [6.45, 7) is 1.95. The van der Waals surface area contributed by atoms with Crippen LogP contribution in [0.2, 0.25) is 0 Å². The summed E-state index contributed by atoms with van der Waals surface area (Å²) in [7, 11) is -0.743. The minimum atomic E-state index is -4.11. The highest BCUT2D eigenvalue weighted by molar-refractivity contribution is 7.89. The molecule has 1 aliphatic carbocycles. The number of rotatable bonds is 6. The van der Waals surface area contributed by atoms with Crippen molar-refractivity contribution in [3.63, 3.8) is 0 Å². The van der Waals surface area contributed by atoms with E-state index in [2.05, 4.69) is 20.0 Å². The number of alkyl halides is 2. The second-order valence-electron chi connectivity index (χ2n) is 9.46. The molecule has 0 atom stereocenters. The van der Waals surface area contributed by atoms with Gasteiger partial charge >= 0.3 is 6.03 Å². The van der Waals surface area contributed by atoms with Crippen molar-refractivity contribution >= 4 is 44.0 Å². The quantitative estimate of drug-likeness (QED) is 0.480. The number of halogens is 2. The van der Waals surface area contributed by atoms with E-state index < -0.39 is 27.0 Å². The fraction of sp³-hybridized carbons (Fsp3) is 0.500.